The smallest absolute Gasteiger partial charge is 0.306 e. The fourth-order valence-corrected chi connectivity index (χ4v) is 5.84. The minimum Gasteiger partial charge on any atom is -0.459 e. The van der Waals surface area contributed by atoms with Gasteiger partial charge in [-0.2, -0.15) is 0 Å². The molecule has 0 unspecified atom stereocenters. The van der Waals surface area contributed by atoms with Crippen molar-refractivity contribution in [2.75, 3.05) is 13.2 Å². The van der Waals surface area contributed by atoms with Gasteiger partial charge in [0.1, 0.15) is 6.10 Å². The first-order chi connectivity index (χ1) is 15.7. The van der Waals surface area contributed by atoms with Gasteiger partial charge in [0.25, 0.3) is 0 Å². The van der Waals surface area contributed by atoms with Crippen molar-refractivity contribution < 1.29 is 19.1 Å². The van der Waals surface area contributed by atoms with Gasteiger partial charge in [-0.3, -0.25) is 9.59 Å². The highest BCUT2D eigenvalue weighted by molar-refractivity contribution is 5.88. The first-order valence-corrected chi connectivity index (χ1v) is 11.4. The number of carbonyl (C=O) groups excluding carboxylic acids is 2. The Hall–Kier alpha value is -3.12. The first-order valence-electron chi connectivity index (χ1n) is 11.4. The predicted molar refractivity (Wildman–Crippen MR) is 119 cm³/mol. The van der Waals surface area contributed by atoms with Gasteiger partial charge in [0.05, 0.1) is 25.2 Å². The highest BCUT2D eigenvalue weighted by Crippen LogP contribution is 2.47. The summed E-state index contributed by atoms with van der Waals surface area (Å²) in [6, 6.07) is 18.2. The van der Waals surface area contributed by atoms with E-state index in [1.165, 1.54) is 10.9 Å². The highest BCUT2D eigenvalue weighted by atomic mass is 16.6. The van der Waals surface area contributed by atoms with Crippen molar-refractivity contribution in [1.29, 1.82) is 0 Å². The molecule has 0 bridgehead atoms. The van der Waals surface area contributed by atoms with E-state index in [-0.39, 0.29) is 36.4 Å². The predicted octanol–water partition coefficient (Wildman–Crippen LogP) is 3.76. The monoisotopic (exact) mass is 430 g/mol. The molecule has 2 aromatic carbocycles. The van der Waals surface area contributed by atoms with Crippen LogP contribution in [0.15, 0.2) is 54.6 Å². The van der Waals surface area contributed by atoms with Crippen molar-refractivity contribution in [2.45, 2.75) is 38.0 Å². The Labute approximate surface area is 186 Å². The number of hydrogen-bond acceptors (Lipinski definition) is 4. The van der Waals surface area contributed by atoms with Crippen molar-refractivity contribution in [3.63, 3.8) is 0 Å². The van der Waals surface area contributed by atoms with Crippen LogP contribution in [0.4, 0.5) is 0 Å². The van der Waals surface area contributed by atoms with Gasteiger partial charge in [-0.1, -0.05) is 48.5 Å². The number of H-pyrrole nitrogens is 1. The van der Waals surface area contributed by atoms with Crippen LogP contribution in [-0.4, -0.2) is 41.0 Å². The van der Waals surface area contributed by atoms with Crippen molar-refractivity contribution in [3.05, 3.63) is 71.4 Å². The van der Waals surface area contributed by atoms with Crippen LogP contribution in [0.1, 0.15) is 35.7 Å². The normalized spacial score (nSPS) is 26.9. The number of para-hydroxylation sites is 1. The molecule has 2 saturated heterocycles. The second kappa shape index (κ2) is 7.78. The molecule has 4 heterocycles. The molecule has 3 aliphatic heterocycles. The maximum absolute atomic E-state index is 13.6. The Bertz CT molecular complexity index is 1170. The number of amides is 1. The minimum absolute atomic E-state index is 0.00307. The van der Waals surface area contributed by atoms with Crippen molar-refractivity contribution >= 4 is 22.8 Å². The molecule has 6 rings (SSSR count). The third kappa shape index (κ3) is 3.21. The molecule has 1 amide bonds. The number of esters is 1. The molecule has 0 aliphatic carbocycles. The first kappa shape index (κ1) is 19.6. The van der Waals surface area contributed by atoms with Crippen molar-refractivity contribution in [2.24, 2.45) is 11.8 Å². The lowest BCUT2D eigenvalue weighted by molar-refractivity contribution is -0.182. The summed E-state index contributed by atoms with van der Waals surface area (Å²) in [5, 5.41) is 1.24. The number of nitrogens with zero attached hydrogens (tertiary/aromatic N) is 1. The zero-order valence-corrected chi connectivity index (χ0v) is 17.8. The molecular weight excluding hydrogens is 404 g/mol. The summed E-state index contributed by atoms with van der Waals surface area (Å²) >= 11 is 0. The Balaban J connectivity index is 1.24. The number of fused-ring (bicyclic) bond motifs is 6. The van der Waals surface area contributed by atoms with Crippen LogP contribution < -0.4 is 0 Å². The SMILES string of the molecule is O=C1C[C@@H]2C[C@@H]3c4[nH]c5ccccc5c4CCN3C(=O)[C@H]2[C@@H](COCc2ccccc2)O1. The number of aromatic nitrogens is 1. The lowest BCUT2D eigenvalue weighted by Crippen LogP contribution is -2.57. The Morgan fingerprint density at radius 1 is 1.06 bits per heavy atom. The van der Waals surface area contributed by atoms with Gasteiger partial charge >= 0.3 is 5.97 Å². The topological polar surface area (TPSA) is 71.6 Å². The molecule has 2 fully saturated rings. The zero-order valence-electron chi connectivity index (χ0n) is 17.8. The lowest BCUT2D eigenvalue weighted by Gasteiger charge is -2.49. The molecule has 32 heavy (non-hydrogen) atoms. The number of piperidine rings is 1. The minimum atomic E-state index is -0.525. The Kier molecular flexibility index (Phi) is 4.76. The number of rotatable bonds is 4. The van der Waals surface area contributed by atoms with Crippen LogP contribution in [-0.2, 0) is 32.1 Å². The van der Waals surface area contributed by atoms with Crippen molar-refractivity contribution in [1.82, 2.24) is 9.88 Å². The molecular formula is C26H26N2O4. The summed E-state index contributed by atoms with van der Waals surface area (Å²) in [6.45, 7) is 1.38. The number of nitrogens with one attached hydrogen (secondary N) is 1. The van der Waals surface area contributed by atoms with Crippen LogP contribution in [0.5, 0.6) is 0 Å². The van der Waals surface area contributed by atoms with Gasteiger partial charge in [0, 0.05) is 29.6 Å². The molecule has 164 valence electrons. The summed E-state index contributed by atoms with van der Waals surface area (Å²) in [5.74, 6) is -0.483. The maximum atomic E-state index is 13.6. The van der Waals surface area contributed by atoms with E-state index in [1.807, 2.05) is 41.3 Å². The van der Waals surface area contributed by atoms with E-state index in [9.17, 15) is 9.59 Å². The molecule has 0 radical (unpaired) electrons. The van der Waals surface area contributed by atoms with Gasteiger partial charge in [-0.05, 0) is 36.0 Å². The Morgan fingerprint density at radius 3 is 2.75 bits per heavy atom. The number of benzene rings is 2. The van der Waals surface area contributed by atoms with Gasteiger partial charge < -0.3 is 19.4 Å². The molecule has 6 heteroatoms. The van der Waals surface area contributed by atoms with Gasteiger partial charge in [0.15, 0.2) is 0 Å². The van der Waals surface area contributed by atoms with Crippen molar-refractivity contribution in [3.8, 4) is 0 Å². The van der Waals surface area contributed by atoms with E-state index in [0.29, 0.717) is 19.6 Å². The fourth-order valence-electron chi connectivity index (χ4n) is 5.84. The molecule has 1 aromatic heterocycles. The highest BCUT2D eigenvalue weighted by Gasteiger charge is 2.52. The standard InChI is InChI=1S/C26H26N2O4/c29-23-13-17-12-21-25-19(18-8-4-5-9-20(18)27-25)10-11-28(21)26(30)24(17)22(32-23)15-31-14-16-6-2-1-3-7-16/h1-9,17,21-22,24,27H,10-15H2/t17-,21+,22+,24+/m0/s1. The molecule has 0 saturated carbocycles. The second-order valence-corrected chi connectivity index (χ2v) is 9.11. The largest absolute Gasteiger partial charge is 0.459 e. The summed E-state index contributed by atoms with van der Waals surface area (Å²) in [6.07, 6.45) is 1.39. The van der Waals surface area contributed by atoms with E-state index in [4.69, 9.17) is 9.47 Å². The summed E-state index contributed by atoms with van der Waals surface area (Å²) in [4.78, 5) is 31.6. The molecule has 6 nitrogen and oxygen atoms in total. The van der Waals surface area contributed by atoms with E-state index >= 15 is 0 Å². The molecule has 3 aromatic rings. The quantitative estimate of drug-likeness (QED) is 0.640. The summed E-state index contributed by atoms with van der Waals surface area (Å²) in [5.41, 5.74) is 4.63. The van der Waals surface area contributed by atoms with Crippen LogP contribution in [0, 0.1) is 11.8 Å². The summed E-state index contributed by atoms with van der Waals surface area (Å²) in [7, 11) is 0. The van der Waals surface area contributed by atoms with E-state index in [0.717, 1.165) is 29.6 Å². The summed E-state index contributed by atoms with van der Waals surface area (Å²) < 4.78 is 11.5. The molecule has 4 atom stereocenters. The average Bonchev–Trinajstić information content (AvgIpc) is 3.19. The van der Waals surface area contributed by atoms with E-state index in [1.54, 1.807) is 0 Å². The van der Waals surface area contributed by atoms with Gasteiger partial charge in [-0.25, -0.2) is 0 Å². The third-order valence-electron chi connectivity index (χ3n) is 7.27. The van der Waals surface area contributed by atoms with Crippen LogP contribution in [0.3, 0.4) is 0 Å². The van der Waals surface area contributed by atoms with E-state index < -0.39 is 6.10 Å². The van der Waals surface area contributed by atoms with E-state index in [2.05, 4.69) is 23.2 Å². The number of hydrogen-bond donors (Lipinski definition) is 1. The van der Waals surface area contributed by atoms with Gasteiger partial charge in [-0.15, -0.1) is 0 Å². The number of cyclic esters (lactones) is 1. The third-order valence-corrected chi connectivity index (χ3v) is 7.27. The zero-order chi connectivity index (χ0) is 21.7. The number of carbonyl (C=O) groups is 2. The van der Waals surface area contributed by atoms with Gasteiger partial charge in [0.2, 0.25) is 5.91 Å². The average molecular weight is 431 g/mol. The number of ether oxygens (including phenoxy) is 2. The molecule has 0 spiro atoms. The maximum Gasteiger partial charge on any atom is 0.306 e. The number of aromatic amines is 1. The van der Waals surface area contributed by atoms with Crippen LogP contribution in [0.25, 0.3) is 10.9 Å². The fraction of sp³-hybridized carbons (Fsp3) is 0.385. The van der Waals surface area contributed by atoms with Crippen LogP contribution >= 0.6 is 0 Å². The molecule has 1 N–H and O–H groups in total. The second-order valence-electron chi connectivity index (χ2n) is 9.11. The Morgan fingerprint density at radius 2 is 1.88 bits per heavy atom. The lowest BCUT2D eigenvalue weighted by atomic mass is 9.73. The van der Waals surface area contributed by atoms with Crippen LogP contribution in [0.2, 0.25) is 0 Å². The molecule has 3 aliphatic rings.